The van der Waals surface area contributed by atoms with Crippen LogP contribution in [0, 0.1) is 0 Å². The van der Waals surface area contributed by atoms with Gasteiger partial charge in [-0.15, -0.1) is 10.2 Å². The molecule has 2 heterocycles. The van der Waals surface area contributed by atoms with Crippen molar-refractivity contribution in [1.29, 1.82) is 0 Å². The summed E-state index contributed by atoms with van der Waals surface area (Å²) >= 11 is 1.12. The van der Waals surface area contributed by atoms with Gasteiger partial charge in [0.15, 0.2) is 5.76 Å². The number of nitrogens with zero attached hydrogens (tertiary/aromatic N) is 2. The van der Waals surface area contributed by atoms with E-state index in [2.05, 4.69) is 15.5 Å². The van der Waals surface area contributed by atoms with Crippen molar-refractivity contribution in [2.75, 3.05) is 11.1 Å². The average molecular weight is 379 g/mol. The number of hydrogen-bond donors (Lipinski definition) is 1. The summed E-state index contributed by atoms with van der Waals surface area (Å²) in [5, 5.41) is 10.9. The molecule has 1 aromatic carbocycles. The number of halogens is 3. The van der Waals surface area contributed by atoms with Crippen molar-refractivity contribution in [2.24, 2.45) is 0 Å². The number of nitrogens with one attached hydrogen (secondary N) is 1. The molecule has 0 spiro atoms. The molecule has 3 rings (SSSR count). The molecule has 0 aliphatic rings. The summed E-state index contributed by atoms with van der Waals surface area (Å²) in [7, 11) is 0. The molecule has 9 heteroatoms. The lowest BCUT2D eigenvalue weighted by atomic mass is 10.2. The molecule has 0 saturated heterocycles. The molecule has 2 aromatic heterocycles. The highest BCUT2D eigenvalue weighted by molar-refractivity contribution is 7.99. The summed E-state index contributed by atoms with van der Waals surface area (Å²) in [6.45, 7) is 0. The maximum atomic E-state index is 12.7. The second-order valence-electron chi connectivity index (χ2n) is 5.15. The minimum Gasteiger partial charge on any atom is -0.463 e. The third kappa shape index (κ3) is 4.63. The van der Waals surface area contributed by atoms with E-state index in [1.807, 2.05) is 0 Å². The number of alkyl halides is 3. The summed E-state index contributed by atoms with van der Waals surface area (Å²) in [4.78, 5) is 11.9. The van der Waals surface area contributed by atoms with Gasteiger partial charge in [-0.25, -0.2) is 0 Å². The van der Waals surface area contributed by atoms with E-state index < -0.39 is 17.6 Å². The Hall–Kier alpha value is -2.81. The van der Waals surface area contributed by atoms with Gasteiger partial charge in [0.05, 0.1) is 17.6 Å². The topological polar surface area (TPSA) is 68.0 Å². The molecule has 26 heavy (non-hydrogen) atoms. The Labute approximate surface area is 150 Å². The number of rotatable bonds is 5. The molecule has 1 N–H and O–H groups in total. The lowest BCUT2D eigenvalue weighted by molar-refractivity contribution is -0.137. The Morgan fingerprint density at radius 3 is 2.62 bits per heavy atom. The SMILES string of the molecule is O=C(CSc1ccc(-c2ccco2)nn1)Nc1cccc(C(F)(F)F)c1. The first-order chi connectivity index (χ1) is 12.4. The van der Waals surface area contributed by atoms with E-state index in [1.54, 1.807) is 24.3 Å². The number of benzene rings is 1. The molecule has 3 aromatic rings. The first-order valence-electron chi connectivity index (χ1n) is 7.39. The summed E-state index contributed by atoms with van der Waals surface area (Å²) in [5.74, 6) is 0.132. The maximum absolute atomic E-state index is 12.7. The zero-order valence-corrected chi connectivity index (χ0v) is 14.0. The fourth-order valence-electron chi connectivity index (χ4n) is 2.06. The van der Waals surface area contributed by atoms with Gasteiger partial charge >= 0.3 is 6.18 Å². The predicted molar refractivity (Wildman–Crippen MR) is 90.5 cm³/mol. The van der Waals surface area contributed by atoms with Crippen LogP contribution in [0.4, 0.5) is 18.9 Å². The molecule has 0 bridgehead atoms. The number of carbonyl (C=O) groups is 1. The third-order valence-electron chi connectivity index (χ3n) is 3.24. The first kappa shape index (κ1) is 18.0. The molecule has 0 aliphatic heterocycles. The lowest BCUT2D eigenvalue weighted by Gasteiger charge is -2.09. The number of furan rings is 1. The van der Waals surface area contributed by atoms with E-state index in [1.165, 1.54) is 18.4 Å². The second-order valence-corrected chi connectivity index (χ2v) is 6.15. The molecule has 134 valence electrons. The molecule has 0 saturated carbocycles. The van der Waals surface area contributed by atoms with E-state index in [0.29, 0.717) is 16.5 Å². The van der Waals surface area contributed by atoms with Gasteiger partial charge in [0.2, 0.25) is 5.91 Å². The Morgan fingerprint density at radius 1 is 1.12 bits per heavy atom. The van der Waals surface area contributed by atoms with Crippen molar-refractivity contribution in [3.05, 3.63) is 60.4 Å². The van der Waals surface area contributed by atoms with Crippen LogP contribution in [0.3, 0.4) is 0 Å². The molecular formula is C17H12F3N3O2S. The van der Waals surface area contributed by atoms with Crippen molar-refractivity contribution in [1.82, 2.24) is 10.2 Å². The number of anilines is 1. The van der Waals surface area contributed by atoms with E-state index in [0.717, 1.165) is 23.9 Å². The van der Waals surface area contributed by atoms with Crippen LogP contribution in [0.5, 0.6) is 0 Å². The van der Waals surface area contributed by atoms with Crippen LogP contribution < -0.4 is 5.32 Å². The number of thioether (sulfide) groups is 1. The molecular weight excluding hydrogens is 367 g/mol. The first-order valence-corrected chi connectivity index (χ1v) is 8.38. The zero-order chi connectivity index (χ0) is 18.6. The Kier molecular flexibility index (Phi) is 5.27. The lowest BCUT2D eigenvalue weighted by Crippen LogP contribution is -2.15. The normalized spacial score (nSPS) is 11.3. The maximum Gasteiger partial charge on any atom is 0.416 e. The molecule has 0 atom stereocenters. The van der Waals surface area contributed by atoms with Gasteiger partial charge < -0.3 is 9.73 Å². The number of aromatic nitrogens is 2. The van der Waals surface area contributed by atoms with Crippen LogP contribution >= 0.6 is 11.8 Å². The smallest absolute Gasteiger partial charge is 0.416 e. The van der Waals surface area contributed by atoms with E-state index >= 15 is 0 Å². The van der Waals surface area contributed by atoms with Gasteiger partial charge in [0.1, 0.15) is 10.7 Å². The molecule has 0 radical (unpaired) electrons. The van der Waals surface area contributed by atoms with Gasteiger partial charge in [-0.2, -0.15) is 13.2 Å². The standard InChI is InChI=1S/C17H12F3N3O2S/c18-17(19,20)11-3-1-4-12(9-11)21-15(24)10-26-16-7-6-13(22-23-16)14-5-2-8-25-14/h1-9H,10H2,(H,21,24). The zero-order valence-electron chi connectivity index (χ0n) is 13.2. The highest BCUT2D eigenvalue weighted by Gasteiger charge is 2.30. The number of hydrogen-bond acceptors (Lipinski definition) is 5. The van der Waals surface area contributed by atoms with Crippen molar-refractivity contribution < 1.29 is 22.4 Å². The van der Waals surface area contributed by atoms with E-state index in [9.17, 15) is 18.0 Å². The van der Waals surface area contributed by atoms with Gasteiger partial charge in [0, 0.05) is 5.69 Å². The molecule has 0 aliphatic carbocycles. The fraction of sp³-hybridized carbons (Fsp3) is 0.118. The second kappa shape index (κ2) is 7.61. The van der Waals surface area contributed by atoms with E-state index in [-0.39, 0.29) is 11.4 Å². The van der Waals surface area contributed by atoms with E-state index in [4.69, 9.17) is 4.42 Å². The van der Waals surface area contributed by atoms with Crippen LogP contribution in [0.1, 0.15) is 5.56 Å². The van der Waals surface area contributed by atoms with Crippen molar-refractivity contribution in [2.45, 2.75) is 11.2 Å². The van der Waals surface area contributed by atoms with Crippen LogP contribution in [-0.2, 0) is 11.0 Å². The summed E-state index contributed by atoms with van der Waals surface area (Å²) in [6.07, 6.45) is -2.93. The van der Waals surface area contributed by atoms with Crippen LogP contribution in [0.25, 0.3) is 11.5 Å². The Bertz CT molecular complexity index is 881. The van der Waals surface area contributed by atoms with Crippen LogP contribution in [-0.4, -0.2) is 21.9 Å². The van der Waals surface area contributed by atoms with Crippen molar-refractivity contribution in [3.8, 4) is 11.5 Å². The van der Waals surface area contributed by atoms with Crippen molar-refractivity contribution in [3.63, 3.8) is 0 Å². The monoisotopic (exact) mass is 379 g/mol. The minimum absolute atomic E-state index is 0.00890. The summed E-state index contributed by atoms with van der Waals surface area (Å²) in [5.41, 5.74) is -0.167. The molecule has 0 unspecified atom stereocenters. The van der Waals surface area contributed by atoms with Gasteiger partial charge in [0.25, 0.3) is 0 Å². The Morgan fingerprint density at radius 2 is 1.96 bits per heavy atom. The van der Waals surface area contributed by atoms with Gasteiger partial charge in [-0.05, 0) is 42.5 Å². The highest BCUT2D eigenvalue weighted by atomic mass is 32.2. The minimum atomic E-state index is -4.46. The molecule has 0 fully saturated rings. The summed E-state index contributed by atoms with van der Waals surface area (Å²) < 4.78 is 43.2. The van der Waals surface area contributed by atoms with Gasteiger partial charge in [-0.3, -0.25) is 4.79 Å². The van der Waals surface area contributed by atoms with Crippen LogP contribution in [0.15, 0.2) is 64.2 Å². The highest BCUT2D eigenvalue weighted by Crippen LogP contribution is 2.30. The average Bonchev–Trinajstić information content (AvgIpc) is 3.14. The largest absolute Gasteiger partial charge is 0.463 e. The third-order valence-corrected chi connectivity index (χ3v) is 4.16. The predicted octanol–water partition coefficient (Wildman–Crippen LogP) is 4.49. The van der Waals surface area contributed by atoms with Crippen LogP contribution in [0.2, 0.25) is 0 Å². The molecule has 1 amide bonds. The number of carbonyl (C=O) groups excluding carboxylic acids is 1. The molecule has 5 nitrogen and oxygen atoms in total. The summed E-state index contributed by atoms with van der Waals surface area (Å²) in [6, 6.07) is 11.4. The number of amides is 1. The van der Waals surface area contributed by atoms with Gasteiger partial charge in [-0.1, -0.05) is 17.8 Å². The quantitative estimate of drug-likeness (QED) is 0.662. The Balaban J connectivity index is 1.56. The fourth-order valence-corrected chi connectivity index (χ4v) is 2.68. The van der Waals surface area contributed by atoms with Crippen molar-refractivity contribution >= 4 is 23.4 Å².